The zero-order valence-electron chi connectivity index (χ0n) is 17.1. The largest absolute Gasteiger partial charge is 0.346 e. The van der Waals surface area contributed by atoms with Gasteiger partial charge < -0.3 is 4.57 Å². The highest BCUT2D eigenvalue weighted by atomic mass is 15.0. The van der Waals surface area contributed by atoms with Crippen molar-refractivity contribution in [1.29, 1.82) is 0 Å². The molecule has 0 spiro atoms. The van der Waals surface area contributed by atoms with E-state index >= 15 is 0 Å². The molecule has 3 heterocycles. The number of aryl methyl sites for hydroxylation is 2. The Hall–Kier alpha value is -3.79. The summed E-state index contributed by atoms with van der Waals surface area (Å²) in [5.74, 6) is 0.757. The molecular formula is C26H22N4. The molecule has 3 aromatic rings. The smallest absolute Gasteiger partial charge is 0.160 e. The lowest BCUT2D eigenvalue weighted by Crippen LogP contribution is -2.02. The Bertz CT molecular complexity index is 1270. The number of fused-ring (bicyclic) bond motifs is 1. The molecule has 1 aromatic heterocycles. The molecule has 0 aliphatic carbocycles. The van der Waals surface area contributed by atoms with Crippen LogP contribution < -0.4 is 0 Å². The lowest BCUT2D eigenvalue weighted by Gasteiger charge is -2.07. The normalized spacial score (nSPS) is 11.1. The van der Waals surface area contributed by atoms with E-state index in [9.17, 15) is 0 Å². The van der Waals surface area contributed by atoms with Crippen molar-refractivity contribution in [3.8, 4) is 33.9 Å². The summed E-state index contributed by atoms with van der Waals surface area (Å²) in [6.07, 6.45) is 5.87. The van der Waals surface area contributed by atoms with Crippen LogP contribution in [0.1, 0.15) is 16.8 Å². The minimum atomic E-state index is 0.712. The van der Waals surface area contributed by atoms with Gasteiger partial charge in [-0.1, -0.05) is 48.5 Å². The van der Waals surface area contributed by atoms with Crippen LogP contribution >= 0.6 is 0 Å². The quantitative estimate of drug-likeness (QED) is 0.391. The highest BCUT2D eigenvalue weighted by molar-refractivity contribution is 5.71. The molecule has 5 rings (SSSR count). The summed E-state index contributed by atoms with van der Waals surface area (Å²) in [6.45, 7) is 5.00. The first-order valence-corrected chi connectivity index (χ1v) is 10.1. The molecule has 0 atom stereocenters. The fraction of sp³-hybridized carbons (Fsp3) is 0.115. The fourth-order valence-electron chi connectivity index (χ4n) is 3.59. The van der Waals surface area contributed by atoms with E-state index in [-0.39, 0.29) is 0 Å². The Morgan fingerprint density at radius 3 is 2.27 bits per heavy atom. The van der Waals surface area contributed by atoms with Crippen molar-refractivity contribution in [1.82, 2.24) is 19.5 Å². The third kappa shape index (κ3) is 3.60. The summed E-state index contributed by atoms with van der Waals surface area (Å²) in [4.78, 5) is 13.9. The summed E-state index contributed by atoms with van der Waals surface area (Å²) < 4.78 is 2.09. The van der Waals surface area contributed by atoms with Gasteiger partial charge >= 0.3 is 0 Å². The van der Waals surface area contributed by atoms with E-state index in [0.717, 1.165) is 28.5 Å². The molecule has 0 bridgehead atoms. The predicted molar refractivity (Wildman–Crippen MR) is 120 cm³/mol. The maximum atomic E-state index is 4.76. The van der Waals surface area contributed by atoms with Gasteiger partial charge in [0.1, 0.15) is 5.69 Å². The molecule has 0 fully saturated rings. The van der Waals surface area contributed by atoms with Crippen LogP contribution in [0.25, 0.3) is 33.9 Å². The molecule has 146 valence electrons. The average Bonchev–Trinajstić information content (AvgIpc) is 3.20. The average molecular weight is 390 g/mol. The van der Waals surface area contributed by atoms with Crippen LogP contribution in [-0.4, -0.2) is 19.5 Å². The number of pyridine rings is 2. The summed E-state index contributed by atoms with van der Waals surface area (Å²) in [5.41, 5.74) is 8.88. The van der Waals surface area contributed by atoms with E-state index in [4.69, 9.17) is 9.97 Å². The summed E-state index contributed by atoms with van der Waals surface area (Å²) in [6, 6.07) is 23.0. The number of rotatable bonds is 4. The van der Waals surface area contributed by atoms with Crippen LogP contribution in [-0.2, 0) is 6.54 Å². The Labute approximate surface area is 176 Å². The van der Waals surface area contributed by atoms with Crippen LogP contribution in [0.5, 0.6) is 0 Å². The first-order valence-electron chi connectivity index (χ1n) is 10.1. The van der Waals surface area contributed by atoms with Crippen LogP contribution in [0, 0.1) is 13.8 Å². The van der Waals surface area contributed by atoms with Gasteiger partial charge in [-0.05, 0) is 54.3 Å². The molecule has 0 amide bonds. The first-order chi connectivity index (χ1) is 14.7. The van der Waals surface area contributed by atoms with Gasteiger partial charge in [-0.3, -0.25) is 4.98 Å². The maximum Gasteiger partial charge on any atom is 0.160 e. The summed E-state index contributed by atoms with van der Waals surface area (Å²) >= 11 is 0. The lowest BCUT2D eigenvalue weighted by atomic mass is 9.99. The van der Waals surface area contributed by atoms with Crippen molar-refractivity contribution < 1.29 is 0 Å². The van der Waals surface area contributed by atoms with Crippen molar-refractivity contribution in [3.63, 3.8) is 0 Å². The third-order valence-corrected chi connectivity index (χ3v) is 5.48. The van der Waals surface area contributed by atoms with E-state index in [1.54, 1.807) is 0 Å². The second kappa shape index (κ2) is 7.56. The van der Waals surface area contributed by atoms with Crippen molar-refractivity contribution in [3.05, 3.63) is 102 Å². The van der Waals surface area contributed by atoms with Crippen molar-refractivity contribution in [2.24, 2.45) is 0 Å². The minimum absolute atomic E-state index is 0.712. The number of hydrogen-bond donors (Lipinski definition) is 0. The molecule has 0 saturated carbocycles. The van der Waals surface area contributed by atoms with Crippen LogP contribution in [0.15, 0.2) is 85.3 Å². The van der Waals surface area contributed by atoms with Gasteiger partial charge in [0.2, 0.25) is 0 Å². The maximum absolute atomic E-state index is 4.76. The summed E-state index contributed by atoms with van der Waals surface area (Å²) in [5, 5.41) is 0. The SMILES string of the molecule is Cc1ccc(-c2ccc(-c3nc4ccn(Cc5ccccn5)cc-4n3)cc2)cc1C. The highest BCUT2D eigenvalue weighted by Gasteiger charge is 2.13. The van der Waals surface area contributed by atoms with Crippen LogP contribution in [0.4, 0.5) is 0 Å². The fourth-order valence-corrected chi connectivity index (χ4v) is 3.59. The van der Waals surface area contributed by atoms with E-state index in [2.05, 4.69) is 65.9 Å². The lowest BCUT2D eigenvalue weighted by molar-refractivity contribution is 0.766. The second-order valence-corrected chi connectivity index (χ2v) is 7.63. The molecule has 4 heteroatoms. The van der Waals surface area contributed by atoms with E-state index in [1.807, 2.05) is 42.9 Å². The van der Waals surface area contributed by atoms with Gasteiger partial charge in [-0.15, -0.1) is 0 Å². The molecule has 2 aliphatic rings. The number of imidazole rings is 1. The van der Waals surface area contributed by atoms with Gasteiger partial charge in [-0.25, -0.2) is 9.97 Å². The van der Waals surface area contributed by atoms with Crippen molar-refractivity contribution >= 4 is 0 Å². The van der Waals surface area contributed by atoms with E-state index in [1.165, 1.54) is 22.3 Å². The van der Waals surface area contributed by atoms with E-state index < -0.39 is 0 Å². The second-order valence-electron chi connectivity index (χ2n) is 7.63. The minimum Gasteiger partial charge on any atom is -0.346 e. The third-order valence-electron chi connectivity index (χ3n) is 5.48. The number of hydrogen-bond acceptors (Lipinski definition) is 3. The van der Waals surface area contributed by atoms with Crippen molar-refractivity contribution in [2.45, 2.75) is 20.4 Å². The van der Waals surface area contributed by atoms with Crippen LogP contribution in [0.3, 0.4) is 0 Å². The van der Waals surface area contributed by atoms with Gasteiger partial charge in [0.15, 0.2) is 5.82 Å². The molecule has 0 saturated heterocycles. The topological polar surface area (TPSA) is 43.6 Å². The number of nitrogens with zero attached hydrogens (tertiary/aromatic N) is 4. The number of aromatic nitrogens is 4. The molecule has 30 heavy (non-hydrogen) atoms. The molecule has 0 unspecified atom stereocenters. The molecule has 0 N–H and O–H groups in total. The van der Waals surface area contributed by atoms with Gasteiger partial charge in [0.25, 0.3) is 0 Å². The first kappa shape index (κ1) is 18.3. The van der Waals surface area contributed by atoms with Crippen LogP contribution in [0.2, 0.25) is 0 Å². The van der Waals surface area contributed by atoms with Gasteiger partial charge in [0.05, 0.1) is 17.9 Å². The Morgan fingerprint density at radius 2 is 1.50 bits per heavy atom. The van der Waals surface area contributed by atoms with E-state index in [0.29, 0.717) is 6.54 Å². The van der Waals surface area contributed by atoms with Gasteiger partial charge in [0, 0.05) is 24.2 Å². The molecule has 2 aliphatic heterocycles. The highest BCUT2D eigenvalue weighted by Crippen LogP contribution is 2.28. The standard InChI is InChI=1S/C26H22N4/c1-18-6-7-22(15-19(18)2)20-8-10-21(11-9-20)26-28-24-12-14-30(17-25(24)29-26)16-23-5-3-4-13-27-23/h3-15,17H,16H2,1-2H3. The van der Waals surface area contributed by atoms with Gasteiger partial charge in [-0.2, -0.15) is 0 Å². The Balaban J connectivity index is 1.42. The zero-order valence-corrected chi connectivity index (χ0v) is 17.1. The predicted octanol–water partition coefficient (Wildman–Crippen LogP) is 5.78. The van der Waals surface area contributed by atoms with Crippen molar-refractivity contribution in [2.75, 3.05) is 0 Å². The summed E-state index contributed by atoms with van der Waals surface area (Å²) in [7, 11) is 0. The molecule has 2 aromatic carbocycles. The Morgan fingerprint density at radius 1 is 0.733 bits per heavy atom. The molecular weight excluding hydrogens is 368 g/mol. The zero-order chi connectivity index (χ0) is 20.5. The molecule has 0 radical (unpaired) electrons. The Kier molecular flexibility index (Phi) is 4.60. The molecule has 4 nitrogen and oxygen atoms in total. The number of benzene rings is 2. The monoisotopic (exact) mass is 390 g/mol.